The van der Waals surface area contributed by atoms with Gasteiger partial charge in [0.25, 0.3) is 0 Å². The maximum Gasteiger partial charge on any atom is 0.171 e. The van der Waals surface area contributed by atoms with E-state index >= 15 is 0 Å². The van der Waals surface area contributed by atoms with E-state index < -0.39 is 0 Å². The van der Waals surface area contributed by atoms with E-state index in [1.54, 1.807) is 0 Å². The van der Waals surface area contributed by atoms with Gasteiger partial charge in [0.05, 0.1) is 0 Å². The molecule has 4 heteroatoms. The van der Waals surface area contributed by atoms with Gasteiger partial charge >= 0.3 is 0 Å². The summed E-state index contributed by atoms with van der Waals surface area (Å²) in [6.45, 7) is 8.06. The minimum atomic E-state index is -0.245. The van der Waals surface area contributed by atoms with Crippen LogP contribution in [-0.4, -0.2) is 23.1 Å². The molecule has 2 rings (SSSR count). The Kier molecular flexibility index (Phi) is 2.81. The van der Waals surface area contributed by atoms with Gasteiger partial charge in [0.15, 0.2) is 5.66 Å². The first-order valence-electron chi connectivity index (χ1n) is 5.75. The van der Waals surface area contributed by atoms with E-state index in [4.69, 9.17) is 0 Å². The molecule has 0 radical (unpaired) electrons. The molecule has 0 aromatic heterocycles. The second-order valence-corrected chi connectivity index (χ2v) is 4.00. The van der Waals surface area contributed by atoms with Crippen LogP contribution in [0.25, 0.3) is 0 Å². The van der Waals surface area contributed by atoms with Crippen molar-refractivity contribution in [2.75, 3.05) is 13.1 Å². The highest BCUT2D eigenvalue weighted by Gasteiger charge is 2.42. The van der Waals surface area contributed by atoms with Gasteiger partial charge in [0, 0.05) is 18.7 Å². The van der Waals surface area contributed by atoms with Crippen LogP contribution in [0.2, 0.25) is 0 Å². The predicted molar refractivity (Wildman–Crippen MR) is 63.4 cm³/mol. The highest BCUT2D eigenvalue weighted by atomic mass is 15.8. The van der Waals surface area contributed by atoms with Gasteiger partial charge in [-0.1, -0.05) is 40.8 Å². The molecule has 0 fully saturated rings. The third kappa shape index (κ3) is 1.45. The van der Waals surface area contributed by atoms with Crippen molar-refractivity contribution < 1.29 is 0 Å². The van der Waals surface area contributed by atoms with E-state index in [0.29, 0.717) is 0 Å². The molecule has 0 bridgehead atoms. The van der Waals surface area contributed by atoms with E-state index in [9.17, 15) is 0 Å². The number of benzene rings is 1. The van der Waals surface area contributed by atoms with Crippen molar-refractivity contribution in [2.24, 2.45) is 10.4 Å². The average Bonchev–Trinajstić information content (AvgIpc) is 2.68. The molecule has 16 heavy (non-hydrogen) atoms. The van der Waals surface area contributed by atoms with Crippen LogP contribution in [0.5, 0.6) is 0 Å². The lowest BCUT2D eigenvalue weighted by Crippen LogP contribution is -2.47. The quantitative estimate of drug-likeness (QED) is 0.781. The Balaban J connectivity index is 2.41. The fraction of sp³-hybridized carbons (Fsp3) is 0.500. The molecular formula is C12H18N4. The van der Waals surface area contributed by atoms with E-state index in [1.807, 2.05) is 16.1 Å². The SMILES string of the molecule is CCN1N=NN(CC)C1(C)c1ccccc1. The molecule has 0 amide bonds. The zero-order valence-corrected chi connectivity index (χ0v) is 10.1. The summed E-state index contributed by atoms with van der Waals surface area (Å²) in [7, 11) is 0. The van der Waals surface area contributed by atoms with Gasteiger partial charge in [-0.15, -0.1) is 0 Å². The summed E-state index contributed by atoms with van der Waals surface area (Å²) in [4.78, 5) is 0. The number of hydrogen-bond donors (Lipinski definition) is 0. The Bertz CT molecular complexity index is 360. The number of nitrogens with zero attached hydrogens (tertiary/aromatic N) is 4. The Morgan fingerprint density at radius 1 is 1.00 bits per heavy atom. The van der Waals surface area contributed by atoms with Gasteiger partial charge in [0.2, 0.25) is 0 Å². The standard InChI is InChI=1S/C12H18N4/c1-4-15-12(3,16(5-2)14-13-15)11-9-7-6-8-10-11/h6-10H,4-5H2,1-3H3. The molecule has 0 aliphatic carbocycles. The first-order chi connectivity index (χ1) is 7.73. The Morgan fingerprint density at radius 2 is 1.50 bits per heavy atom. The summed E-state index contributed by atoms with van der Waals surface area (Å²) in [5.41, 5.74) is 0.980. The van der Waals surface area contributed by atoms with Crippen molar-refractivity contribution in [3.8, 4) is 0 Å². The number of rotatable bonds is 3. The van der Waals surface area contributed by atoms with Crippen LogP contribution in [-0.2, 0) is 5.66 Å². The summed E-state index contributed by atoms with van der Waals surface area (Å²) in [5.74, 6) is 0. The summed E-state index contributed by atoms with van der Waals surface area (Å²) >= 11 is 0. The second kappa shape index (κ2) is 4.12. The highest BCUT2D eigenvalue weighted by Crippen LogP contribution is 2.36. The molecule has 86 valence electrons. The number of hydrogen-bond acceptors (Lipinski definition) is 4. The van der Waals surface area contributed by atoms with Gasteiger partial charge in [-0.3, -0.25) is 0 Å². The van der Waals surface area contributed by atoms with Crippen molar-refractivity contribution in [1.29, 1.82) is 0 Å². The van der Waals surface area contributed by atoms with Crippen molar-refractivity contribution >= 4 is 0 Å². The molecule has 0 saturated carbocycles. The molecule has 4 nitrogen and oxygen atoms in total. The van der Waals surface area contributed by atoms with Gasteiger partial charge in [-0.25, -0.2) is 10.0 Å². The van der Waals surface area contributed by atoms with Crippen LogP contribution in [0.1, 0.15) is 26.3 Å². The largest absolute Gasteiger partial charge is 0.247 e. The first kappa shape index (κ1) is 10.9. The molecular weight excluding hydrogens is 200 g/mol. The third-order valence-corrected chi connectivity index (χ3v) is 3.18. The molecule has 0 unspecified atom stereocenters. The van der Waals surface area contributed by atoms with Crippen molar-refractivity contribution in [2.45, 2.75) is 26.4 Å². The van der Waals surface area contributed by atoms with Crippen LogP contribution in [0, 0.1) is 0 Å². The molecule has 1 aliphatic heterocycles. The van der Waals surface area contributed by atoms with Crippen LogP contribution in [0.4, 0.5) is 0 Å². The summed E-state index contributed by atoms with van der Waals surface area (Å²) < 4.78 is 0. The van der Waals surface area contributed by atoms with Crippen molar-refractivity contribution in [3.63, 3.8) is 0 Å². The zero-order valence-electron chi connectivity index (χ0n) is 10.1. The molecule has 1 heterocycles. The lowest BCUT2D eigenvalue weighted by atomic mass is 10.00. The normalized spacial score (nSPS) is 18.2. The minimum Gasteiger partial charge on any atom is -0.247 e. The summed E-state index contributed by atoms with van der Waals surface area (Å²) in [6, 6.07) is 10.4. The van der Waals surface area contributed by atoms with E-state index in [1.165, 1.54) is 5.56 Å². The maximum absolute atomic E-state index is 4.22. The summed E-state index contributed by atoms with van der Waals surface area (Å²) in [5, 5.41) is 12.5. The van der Waals surface area contributed by atoms with Crippen LogP contribution < -0.4 is 0 Å². The maximum atomic E-state index is 4.22. The van der Waals surface area contributed by atoms with Crippen molar-refractivity contribution in [3.05, 3.63) is 35.9 Å². The highest BCUT2D eigenvalue weighted by molar-refractivity contribution is 5.23. The monoisotopic (exact) mass is 218 g/mol. The fourth-order valence-corrected chi connectivity index (χ4v) is 2.20. The van der Waals surface area contributed by atoms with Gasteiger partial charge in [0.1, 0.15) is 0 Å². The van der Waals surface area contributed by atoms with Crippen LogP contribution in [0.15, 0.2) is 40.8 Å². The van der Waals surface area contributed by atoms with Crippen LogP contribution >= 0.6 is 0 Å². The zero-order chi connectivity index (χ0) is 11.6. The topological polar surface area (TPSA) is 31.2 Å². The Labute approximate surface area is 96.5 Å². The van der Waals surface area contributed by atoms with Gasteiger partial charge < -0.3 is 0 Å². The molecule has 0 saturated heterocycles. The van der Waals surface area contributed by atoms with Crippen molar-refractivity contribution in [1.82, 2.24) is 10.0 Å². The van der Waals surface area contributed by atoms with E-state index in [2.05, 4.69) is 55.5 Å². The molecule has 1 aromatic rings. The molecule has 1 aromatic carbocycles. The smallest absolute Gasteiger partial charge is 0.171 e. The minimum absolute atomic E-state index is 0.245. The lowest BCUT2D eigenvalue weighted by Gasteiger charge is -2.38. The molecule has 0 N–H and O–H groups in total. The first-order valence-corrected chi connectivity index (χ1v) is 5.75. The average molecular weight is 218 g/mol. The summed E-state index contributed by atoms with van der Waals surface area (Å²) in [6.07, 6.45) is 0. The lowest BCUT2D eigenvalue weighted by molar-refractivity contribution is 0.00866. The van der Waals surface area contributed by atoms with Gasteiger partial charge in [-0.2, -0.15) is 0 Å². The Hall–Kier alpha value is -1.58. The van der Waals surface area contributed by atoms with Crippen LogP contribution in [0.3, 0.4) is 0 Å². The molecule has 0 atom stereocenters. The third-order valence-electron chi connectivity index (χ3n) is 3.18. The van der Waals surface area contributed by atoms with E-state index in [-0.39, 0.29) is 5.66 Å². The molecule has 0 spiro atoms. The van der Waals surface area contributed by atoms with E-state index in [0.717, 1.165) is 13.1 Å². The Morgan fingerprint density at radius 3 is 1.94 bits per heavy atom. The fourth-order valence-electron chi connectivity index (χ4n) is 2.20. The second-order valence-electron chi connectivity index (χ2n) is 4.00. The molecule has 1 aliphatic rings. The predicted octanol–water partition coefficient (Wildman–Crippen LogP) is 2.80. The van der Waals surface area contributed by atoms with Gasteiger partial charge in [-0.05, 0) is 20.8 Å².